The predicted molar refractivity (Wildman–Crippen MR) is 71.4 cm³/mol. The lowest BCUT2D eigenvalue weighted by Gasteiger charge is -2.17. The number of hydrogen-bond donors (Lipinski definition) is 4. The molecule has 1 rings (SSSR count). The van der Waals surface area contributed by atoms with Gasteiger partial charge in [0.1, 0.15) is 6.04 Å². The lowest BCUT2D eigenvalue weighted by atomic mass is 10.1. The number of carboxylic acid groups (broad SMARTS) is 2. The highest BCUT2D eigenvalue weighted by Crippen LogP contribution is 2.24. The Kier molecular flexibility index (Phi) is 6.27. The fraction of sp³-hybridized carbons (Fsp3) is 0.769. The molecule has 1 saturated carbocycles. The van der Waals surface area contributed by atoms with Crippen molar-refractivity contribution in [2.45, 2.75) is 57.5 Å². The van der Waals surface area contributed by atoms with Gasteiger partial charge < -0.3 is 20.8 Å². The van der Waals surface area contributed by atoms with E-state index in [2.05, 4.69) is 17.6 Å². The quantitative estimate of drug-likeness (QED) is 0.561. The Labute approximate surface area is 117 Å². The van der Waals surface area contributed by atoms with Crippen LogP contribution in [-0.2, 0) is 9.59 Å². The van der Waals surface area contributed by atoms with E-state index in [1.807, 2.05) is 0 Å². The molecule has 7 heteroatoms. The van der Waals surface area contributed by atoms with Gasteiger partial charge in [0.05, 0.1) is 0 Å². The van der Waals surface area contributed by atoms with Crippen molar-refractivity contribution in [1.29, 1.82) is 0 Å². The molecule has 1 aliphatic carbocycles. The van der Waals surface area contributed by atoms with Crippen molar-refractivity contribution in [2.75, 3.05) is 0 Å². The first-order valence-corrected chi connectivity index (χ1v) is 6.90. The second-order valence-electron chi connectivity index (χ2n) is 5.41. The molecule has 1 aliphatic rings. The number of amides is 2. The molecule has 0 spiro atoms. The van der Waals surface area contributed by atoms with Crippen LogP contribution >= 0.6 is 0 Å². The lowest BCUT2D eigenvalue weighted by molar-refractivity contribution is -0.140. The highest BCUT2D eigenvalue weighted by molar-refractivity contribution is 5.82. The van der Waals surface area contributed by atoms with Crippen molar-refractivity contribution in [1.82, 2.24) is 10.6 Å². The first-order valence-electron chi connectivity index (χ1n) is 6.90. The Morgan fingerprint density at radius 1 is 1.25 bits per heavy atom. The van der Waals surface area contributed by atoms with E-state index in [0.717, 1.165) is 19.3 Å². The number of hydrogen-bond acceptors (Lipinski definition) is 3. The van der Waals surface area contributed by atoms with Crippen LogP contribution in [-0.4, -0.2) is 40.3 Å². The van der Waals surface area contributed by atoms with Crippen LogP contribution in [0.3, 0.4) is 0 Å². The van der Waals surface area contributed by atoms with Gasteiger partial charge in [0, 0.05) is 12.5 Å². The molecule has 0 bridgehead atoms. The Balaban J connectivity index is 2.34. The zero-order valence-corrected chi connectivity index (χ0v) is 11.6. The smallest absolute Gasteiger partial charge is 0.326 e. The van der Waals surface area contributed by atoms with Crippen molar-refractivity contribution in [3.05, 3.63) is 0 Å². The minimum atomic E-state index is -1.15. The summed E-state index contributed by atoms with van der Waals surface area (Å²) in [5.74, 6) is -1.55. The van der Waals surface area contributed by atoms with E-state index >= 15 is 0 Å². The van der Waals surface area contributed by atoms with Crippen LogP contribution in [0.2, 0.25) is 0 Å². The average Bonchev–Trinajstić information content (AvgIpc) is 2.72. The molecule has 0 radical (unpaired) electrons. The maximum Gasteiger partial charge on any atom is 0.326 e. The fourth-order valence-corrected chi connectivity index (χ4v) is 2.44. The normalized spacial score (nSPS) is 23.1. The van der Waals surface area contributed by atoms with Gasteiger partial charge in [-0.3, -0.25) is 4.79 Å². The molecule has 20 heavy (non-hydrogen) atoms. The number of rotatable bonds is 7. The molecule has 2 unspecified atom stereocenters. The van der Waals surface area contributed by atoms with Crippen molar-refractivity contribution in [3.63, 3.8) is 0 Å². The first kappa shape index (κ1) is 16.3. The zero-order valence-electron chi connectivity index (χ0n) is 11.6. The van der Waals surface area contributed by atoms with Crippen molar-refractivity contribution in [3.8, 4) is 0 Å². The van der Waals surface area contributed by atoms with Crippen LogP contribution in [0.15, 0.2) is 0 Å². The summed E-state index contributed by atoms with van der Waals surface area (Å²) < 4.78 is 0. The summed E-state index contributed by atoms with van der Waals surface area (Å²) in [5, 5.41) is 22.7. The molecule has 114 valence electrons. The monoisotopic (exact) mass is 286 g/mol. The number of carbonyl (C=O) groups excluding carboxylic acids is 1. The van der Waals surface area contributed by atoms with E-state index < -0.39 is 24.0 Å². The summed E-state index contributed by atoms with van der Waals surface area (Å²) >= 11 is 0. The van der Waals surface area contributed by atoms with E-state index in [9.17, 15) is 14.4 Å². The van der Waals surface area contributed by atoms with Gasteiger partial charge in [-0.05, 0) is 38.0 Å². The van der Waals surface area contributed by atoms with Crippen LogP contribution < -0.4 is 10.6 Å². The van der Waals surface area contributed by atoms with Gasteiger partial charge in [-0.1, -0.05) is 6.92 Å². The van der Waals surface area contributed by atoms with E-state index in [-0.39, 0.29) is 25.3 Å². The molecule has 7 nitrogen and oxygen atoms in total. The molecule has 3 atom stereocenters. The van der Waals surface area contributed by atoms with Crippen molar-refractivity contribution in [2.24, 2.45) is 5.92 Å². The Morgan fingerprint density at radius 2 is 1.95 bits per heavy atom. The van der Waals surface area contributed by atoms with Gasteiger partial charge in [-0.15, -0.1) is 0 Å². The van der Waals surface area contributed by atoms with Gasteiger partial charge >= 0.3 is 18.0 Å². The third-order valence-corrected chi connectivity index (χ3v) is 3.52. The van der Waals surface area contributed by atoms with Gasteiger partial charge in [0.2, 0.25) is 0 Å². The molecular weight excluding hydrogens is 264 g/mol. The highest BCUT2D eigenvalue weighted by atomic mass is 16.4. The SMILES string of the molecule is CC1CCC(NC(=O)N[C@H](CCCC(=O)O)C(=O)O)C1. The van der Waals surface area contributed by atoms with Crippen LogP contribution in [0.1, 0.15) is 45.4 Å². The Bertz CT molecular complexity index is 372. The number of aliphatic carboxylic acids is 2. The minimum Gasteiger partial charge on any atom is -0.481 e. The molecule has 2 amide bonds. The predicted octanol–water partition coefficient (Wildman–Crippen LogP) is 1.18. The number of urea groups is 1. The molecule has 0 aromatic rings. The number of nitrogens with one attached hydrogen (secondary N) is 2. The maximum atomic E-state index is 11.7. The molecule has 0 aromatic carbocycles. The van der Waals surface area contributed by atoms with Gasteiger partial charge in [0.15, 0.2) is 0 Å². The van der Waals surface area contributed by atoms with Crippen molar-refractivity contribution >= 4 is 18.0 Å². The first-order chi connectivity index (χ1) is 9.38. The van der Waals surface area contributed by atoms with Crippen molar-refractivity contribution < 1.29 is 24.6 Å². The molecule has 0 aliphatic heterocycles. The van der Waals surface area contributed by atoms with E-state index in [1.54, 1.807) is 0 Å². The van der Waals surface area contributed by atoms with Crippen LogP contribution in [0, 0.1) is 5.92 Å². The second-order valence-corrected chi connectivity index (χ2v) is 5.41. The van der Waals surface area contributed by atoms with Gasteiger partial charge in [0.25, 0.3) is 0 Å². The number of carbonyl (C=O) groups is 3. The van der Waals surface area contributed by atoms with E-state index in [0.29, 0.717) is 5.92 Å². The lowest BCUT2D eigenvalue weighted by Crippen LogP contribution is -2.48. The zero-order chi connectivity index (χ0) is 15.1. The molecular formula is C13H22N2O5. The molecule has 4 N–H and O–H groups in total. The van der Waals surface area contributed by atoms with Crippen LogP contribution in [0.25, 0.3) is 0 Å². The molecule has 0 aromatic heterocycles. The standard InChI is InChI=1S/C13H22N2O5/c1-8-5-6-9(7-8)14-13(20)15-10(12(18)19)3-2-4-11(16)17/h8-10H,2-7H2,1H3,(H,16,17)(H,18,19)(H2,14,15,20)/t8?,9?,10-/m1/s1. The summed E-state index contributed by atoms with van der Waals surface area (Å²) in [6.07, 6.45) is 3.10. The molecule has 0 heterocycles. The Hall–Kier alpha value is -1.79. The minimum absolute atomic E-state index is 0.0958. The van der Waals surface area contributed by atoms with Crippen LogP contribution in [0.4, 0.5) is 4.79 Å². The second kappa shape index (κ2) is 7.72. The third-order valence-electron chi connectivity index (χ3n) is 3.52. The summed E-state index contributed by atoms with van der Waals surface area (Å²) in [6, 6.07) is -1.45. The topological polar surface area (TPSA) is 116 Å². The number of carboxylic acids is 2. The maximum absolute atomic E-state index is 11.7. The average molecular weight is 286 g/mol. The third kappa shape index (κ3) is 5.90. The summed E-state index contributed by atoms with van der Waals surface area (Å²) in [5.41, 5.74) is 0. The summed E-state index contributed by atoms with van der Waals surface area (Å²) in [4.78, 5) is 33.1. The summed E-state index contributed by atoms with van der Waals surface area (Å²) in [6.45, 7) is 2.12. The fourth-order valence-electron chi connectivity index (χ4n) is 2.44. The molecule has 0 saturated heterocycles. The largest absolute Gasteiger partial charge is 0.481 e. The molecule has 1 fully saturated rings. The van der Waals surface area contributed by atoms with Gasteiger partial charge in [-0.2, -0.15) is 0 Å². The van der Waals surface area contributed by atoms with Crippen LogP contribution in [0.5, 0.6) is 0 Å². The van der Waals surface area contributed by atoms with E-state index in [4.69, 9.17) is 10.2 Å². The van der Waals surface area contributed by atoms with E-state index in [1.165, 1.54) is 0 Å². The highest BCUT2D eigenvalue weighted by Gasteiger charge is 2.25. The Morgan fingerprint density at radius 3 is 2.45 bits per heavy atom. The van der Waals surface area contributed by atoms with Gasteiger partial charge in [-0.25, -0.2) is 9.59 Å². The summed E-state index contributed by atoms with van der Waals surface area (Å²) in [7, 11) is 0.